The van der Waals surface area contributed by atoms with Crippen molar-refractivity contribution in [2.75, 3.05) is 55.8 Å². The molecule has 2 atom stereocenters. The van der Waals surface area contributed by atoms with Gasteiger partial charge in [-0.3, -0.25) is 9.69 Å². The van der Waals surface area contributed by atoms with Crippen molar-refractivity contribution in [1.29, 1.82) is 0 Å². The number of para-hydroxylation sites is 1. The molecule has 31 heavy (non-hydrogen) atoms. The van der Waals surface area contributed by atoms with Gasteiger partial charge in [0.1, 0.15) is 5.82 Å². The maximum Gasteiger partial charge on any atom is 0.240 e. The Kier molecular flexibility index (Phi) is 6.28. The number of carbonyl (C=O) groups excluding carboxylic acids is 1. The third-order valence-electron chi connectivity index (χ3n) is 6.57. The second-order valence-electron chi connectivity index (χ2n) is 8.48. The van der Waals surface area contributed by atoms with Crippen LogP contribution >= 0.6 is 27.7 Å². The molecule has 1 N–H and O–H groups in total. The first-order valence-electron chi connectivity index (χ1n) is 11.0. The number of amides is 1. The van der Waals surface area contributed by atoms with E-state index in [-0.39, 0.29) is 11.9 Å². The summed E-state index contributed by atoms with van der Waals surface area (Å²) in [5.74, 6) is 3.34. The van der Waals surface area contributed by atoms with E-state index in [1.54, 1.807) is 0 Å². The van der Waals surface area contributed by atoms with Crippen molar-refractivity contribution in [2.24, 2.45) is 0 Å². The molecular formula is C22H29BrN6OS. The SMILES string of the molecule is Cc1nn(-c2ccccc2)c(N2CCN([C@@H]3CN[C@H](C(=O)N4CCSC4)C3)CC2)c1Br. The van der Waals surface area contributed by atoms with E-state index >= 15 is 0 Å². The van der Waals surface area contributed by atoms with Crippen LogP contribution in [-0.4, -0.2) is 88.5 Å². The van der Waals surface area contributed by atoms with Crippen molar-refractivity contribution in [1.82, 2.24) is 24.9 Å². The number of aromatic nitrogens is 2. The van der Waals surface area contributed by atoms with Crippen LogP contribution in [0.5, 0.6) is 0 Å². The summed E-state index contributed by atoms with van der Waals surface area (Å²) in [6, 6.07) is 10.7. The predicted octanol–water partition coefficient (Wildman–Crippen LogP) is 2.33. The summed E-state index contributed by atoms with van der Waals surface area (Å²) in [6.07, 6.45) is 0.921. The topological polar surface area (TPSA) is 56.6 Å². The zero-order valence-electron chi connectivity index (χ0n) is 17.8. The van der Waals surface area contributed by atoms with Crippen LogP contribution in [-0.2, 0) is 4.79 Å². The third kappa shape index (κ3) is 4.25. The molecule has 4 heterocycles. The van der Waals surface area contributed by atoms with Gasteiger partial charge in [-0.25, -0.2) is 4.68 Å². The van der Waals surface area contributed by atoms with Crippen LogP contribution in [0, 0.1) is 6.92 Å². The van der Waals surface area contributed by atoms with Gasteiger partial charge in [-0.15, -0.1) is 11.8 Å². The second-order valence-corrected chi connectivity index (χ2v) is 10.4. The minimum absolute atomic E-state index is 0.0157. The largest absolute Gasteiger partial charge is 0.353 e. The summed E-state index contributed by atoms with van der Waals surface area (Å²) < 4.78 is 3.12. The lowest BCUT2D eigenvalue weighted by molar-refractivity contribution is -0.131. The van der Waals surface area contributed by atoms with Gasteiger partial charge in [-0.2, -0.15) is 5.10 Å². The highest BCUT2D eigenvalue weighted by atomic mass is 79.9. The molecule has 5 rings (SSSR count). The molecule has 1 amide bonds. The Hall–Kier alpha value is -1.55. The zero-order valence-corrected chi connectivity index (χ0v) is 20.2. The van der Waals surface area contributed by atoms with Gasteiger partial charge < -0.3 is 15.1 Å². The Morgan fingerprint density at radius 2 is 1.94 bits per heavy atom. The molecule has 0 saturated carbocycles. The van der Waals surface area contributed by atoms with E-state index in [0.717, 1.165) is 79.0 Å². The van der Waals surface area contributed by atoms with Gasteiger partial charge in [0.05, 0.1) is 27.8 Å². The third-order valence-corrected chi connectivity index (χ3v) is 8.46. The molecule has 2 aromatic rings. The van der Waals surface area contributed by atoms with E-state index in [4.69, 9.17) is 5.10 Å². The number of hydrogen-bond acceptors (Lipinski definition) is 6. The Morgan fingerprint density at radius 1 is 1.16 bits per heavy atom. The first kappa shape index (κ1) is 21.3. The van der Waals surface area contributed by atoms with Crippen LogP contribution in [0.25, 0.3) is 5.69 Å². The molecule has 3 saturated heterocycles. The van der Waals surface area contributed by atoms with Crippen LogP contribution in [0.4, 0.5) is 5.82 Å². The normalized spacial score (nSPS) is 24.8. The molecule has 166 valence electrons. The summed E-state index contributed by atoms with van der Waals surface area (Å²) in [7, 11) is 0. The van der Waals surface area contributed by atoms with Crippen molar-refractivity contribution >= 4 is 39.4 Å². The number of hydrogen-bond donors (Lipinski definition) is 1. The lowest BCUT2D eigenvalue weighted by Gasteiger charge is -2.39. The van der Waals surface area contributed by atoms with Gasteiger partial charge in [0.15, 0.2) is 0 Å². The monoisotopic (exact) mass is 504 g/mol. The average molecular weight is 505 g/mol. The maximum absolute atomic E-state index is 12.7. The second kappa shape index (κ2) is 9.13. The van der Waals surface area contributed by atoms with Crippen molar-refractivity contribution < 1.29 is 4.79 Å². The molecule has 3 aliphatic rings. The molecule has 3 fully saturated rings. The fourth-order valence-electron chi connectivity index (χ4n) is 4.81. The molecule has 0 unspecified atom stereocenters. The van der Waals surface area contributed by atoms with Gasteiger partial charge in [0.2, 0.25) is 5.91 Å². The molecule has 0 spiro atoms. The smallest absolute Gasteiger partial charge is 0.240 e. The molecule has 0 aliphatic carbocycles. The maximum atomic E-state index is 12.7. The minimum atomic E-state index is -0.0157. The molecule has 7 nitrogen and oxygen atoms in total. The zero-order chi connectivity index (χ0) is 21.4. The van der Waals surface area contributed by atoms with E-state index in [0.29, 0.717) is 6.04 Å². The summed E-state index contributed by atoms with van der Waals surface area (Å²) in [5.41, 5.74) is 2.08. The highest BCUT2D eigenvalue weighted by Crippen LogP contribution is 2.33. The number of rotatable bonds is 4. The van der Waals surface area contributed by atoms with Gasteiger partial charge in [0.25, 0.3) is 0 Å². The number of halogens is 1. The Bertz CT molecular complexity index is 924. The quantitative estimate of drug-likeness (QED) is 0.689. The standard InChI is InChI=1S/C22H29BrN6OS/c1-16-20(23)21(29(25-16)17-5-3-2-4-6-17)27-9-7-26(8-10-27)18-13-19(24-14-18)22(30)28-11-12-31-15-28/h2-6,18-19,24H,7-15H2,1H3/t18-,19-/m0/s1. The number of aryl methyl sites for hydroxylation is 1. The Morgan fingerprint density at radius 3 is 2.65 bits per heavy atom. The summed E-state index contributed by atoms with van der Waals surface area (Å²) in [4.78, 5) is 19.7. The number of thioether (sulfide) groups is 1. The van der Waals surface area contributed by atoms with Crippen LogP contribution in [0.15, 0.2) is 34.8 Å². The van der Waals surface area contributed by atoms with Crippen LogP contribution < -0.4 is 10.2 Å². The van der Waals surface area contributed by atoms with Crippen molar-refractivity contribution in [3.8, 4) is 5.69 Å². The highest BCUT2D eigenvalue weighted by molar-refractivity contribution is 9.10. The number of benzene rings is 1. The molecule has 0 bridgehead atoms. The lowest BCUT2D eigenvalue weighted by Crippen LogP contribution is -2.51. The van der Waals surface area contributed by atoms with Crippen molar-refractivity contribution in [3.63, 3.8) is 0 Å². The lowest BCUT2D eigenvalue weighted by atomic mass is 10.1. The van der Waals surface area contributed by atoms with Crippen LogP contribution in [0.2, 0.25) is 0 Å². The Labute approximate surface area is 196 Å². The predicted molar refractivity (Wildman–Crippen MR) is 129 cm³/mol. The fraction of sp³-hybridized carbons (Fsp3) is 0.545. The Balaban J connectivity index is 1.23. The van der Waals surface area contributed by atoms with Crippen LogP contribution in [0.3, 0.4) is 0 Å². The van der Waals surface area contributed by atoms with E-state index in [1.807, 2.05) is 41.8 Å². The van der Waals surface area contributed by atoms with E-state index < -0.39 is 0 Å². The van der Waals surface area contributed by atoms with E-state index in [2.05, 4.69) is 47.9 Å². The summed E-state index contributed by atoms with van der Waals surface area (Å²) in [6.45, 7) is 7.75. The van der Waals surface area contributed by atoms with Gasteiger partial charge in [0, 0.05) is 51.1 Å². The molecule has 3 aliphatic heterocycles. The van der Waals surface area contributed by atoms with Crippen molar-refractivity contribution in [3.05, 3.63) is 40.5 Å². The summed E-state index contributed by atoms with van der Waals surface area (Å²) in [5, 5.41) is 8.27. The highest BCUT2D eigenvalue weighted by Gasteiger charge is 2.37. The number of anilines is 1. The van der Waals surface area contributed by atoms with Gasteiger partial charge in [-0.1, -0.05) is 18.2 Å². The van der Waals surface area contributed by atoms with Crippen LogP contribution in [0.1, 0.15) is 12.1 Å². The number of piperazine rings is 1. The minimum Gasteiger partial charge on any atom is -0.353 e. The van der Waals surface area contributed by atoms with E-state index in [1.165, 1.54) is 0 Å². The molecule has 1 aromatic heterocycles. The first-order chi connectivity index (χ1) is 15.1. The molecule has 0 radical (unpaired) electrons. The van der Waals surface area contributed by atoms with Gasteiger partial charge >= 0.3 is 0 Å². The van der Waals surface area contributed by atoms with E-state index in [9.17, 15) is 4.79 Å². The molecule has 1 aromatic carbocycles. The van der Waals surface area contributed by atoms with Gasteiger partial charge in [-0.05, 0) is 41.4 Å². The molecular weight excluding hydrogens is 476 g/mol. The molecule has 9 heteroatoms. The van der Waals surface area contributed by atoms with Crippen molar-refractivity contribution in [2.45, 2.75) is 25.4 Å². The first-order valence-corrected chi connectivity index (χ1v) is 13.0. The fourth-order valence-corrected chi connectivity index (χ4v) is 6.26. The number of nitrogens with one attached hydrogen (secondary N) is 1. The number of nitrogens with zero attached hydrogens (tertiary/aromatic N) is 5. The summed E-state index contributed by atoms with van der Waals surface area (Å²) >= 11 is 5.63. The average Bonchev–Trinajstić information content (AvgIpc) is 3.56. The number of carbonyl (C=O) groups is 1.